The molecule has 0 aliphatic heterocycles. The first-order valence-corrected chi connectivity index (χ1v) is 21.5. The van der Waals surface area contributed by atoms with Gasteiger partial charge in [-0.1, -0.05) is 182 Å². The quantitative estimate of drug-likeness (QED) is 0.153. The number of para-hydroxylation sites is 4. The van der Waals surface area contributed by atoms with Crippen LogP contribution in [0, 0.1) is 0 Å². The topological polar surface area (TPSA) is 21.3 Å². The molecule has 0 saturated carbocycles. The van der Waals surface area contributed by atoms with Crippen LogP contribution in [0.25, 0.3) is 93.9 Å². The summed E-state index contributed by atoms with van der Waals surface area (Å²) in [6.45, 7) is 0. The Hall–Kier alpha value is -8.40. The third-order valence-corrected chi connectivity index (χ3v) is 12.4. The lowest BCUT2D eigenvalue weighted by Gasteiger charge is -2.28. The molecular formula is C60H40N2O. The molecule has 296 valence electrons. The van der Waals surface area contributed by atoms with Gasteiger partial charge < -0.3 is 13.9 Å². The zero-order valence-electron chi connectivity index (χ0n) is 34.4. The normalized spacial score (nSPS) is 11.5. The van der Waals surface area contributed by atoms with Crippen LogP contribution in [0.1, 0.15) is 0 Å². The molecule has 0 fully saturated rings. The van der Waals surface area contributed by atoms with Crippen LogP contribution in [0.15, 0.2) is 247 Å². The molecule has 2 aromatic heterocycles. The predicted molar refractivity (Wildman–Crippen MR) is 264 cm³/mol. The van der Waals surface area contributed by atoms with Crippen molar-refractivity contribution in [3.8, 4) is 50.2 Å². The van der Waals surface area contributed by atoms with Crippen LogP contribution in [0.3, 0.4) is 0 Å². The van der Waals surface area contributed by atoms with Gasteiger partial charge in [-0.25, -0.2) is 0 Å². The zero-order chi connectivity index (χ0) is 41.7. The second-order valence-electron chi connectivity index (χ2n) is 16.1. The van der Waals surface area contributed by atoms with Crippen molar-refractivity contribution in [2.24, 2.45) is 0 Å². The van der Waals surface area contributed by atoms with Crippen molar-refractivity contribution in [1.82, 2.24) is 4.57 Å². The molecule has 0 unspecified atom stereocenters. The van der Waals surface area contributed by atoms with Crippen molar-refractivity contribution in [2.75, 3.05) is 4.90 Å². The van der Waals surface area contributed by atoms with Gasteiger partial charge in [0.15, 0.2) is 0 Å². The van der Waals surface area contributed by atoms with E-state index >= 15 is 0 Å². The van der Waals surface area contributed by atoms with Crippen LogP contribution in [-0.2, 0) is 0 Å². The van der Waals surface area contributed by atoms with Gasteiger partial charge in [-0.2, -0.15) is 0 Å². The Labute approximate surface area is 366 Å². The van der Waals surface area contributed by atoms with Gasteiger partial charge in [0, 0.05) is 49.9 Å². The number of anilines is 3. The second-order valence-corrected chi connectivity index (χ2v) is 16.1. The van der Waals surface area contributed by atoms with Crippen molar-refractivity contribution in [2.45, 2.75) is 0 Å². The molecule has 3 heteroatoms. The molecule has 2 heterocycles. The molecule has 0 radical (unpaired) electrons. The molecule has 3 nitrogen and oxygen atoms in total. The molecule has 63 heavy (non-hydrogen) atoms. The first-order chi connectivity index (χ1) is 31.3. The van der Waals surface area contributed by atoms with Gasteiger partial charge in [-0.3, -0.25) is 0 Å². The number of hydrogen-bond donors (Lipinski definition) is 0. The maximum absolute atomic E-state index is 6.65. The van der Waals surface area contributed by atoms with E-state index in [1.807, 2.05) is 6.07 Å². The molecule has 0 atom stereocenters. The van der Waals surface area contributed by atoms with E-state index in [0.29, 0.717) is 0 Å². The van der Waals surface area contributed by atoms with Gasteiger partial charge in [-0.05, 0) is 99.6 Å². The fourth-order valence-corrected chi connectivity index (χ4v) is 9.52. The predicted octanol–water partition coefficient (Wildman–Crippen LogP) is 16.8. The van der Waals surface area contributed by atoms with E-state index in [1.54, 1.807) is 0 Å². The number of benzene rings is 10. The molecule has 12 aromatic rings. The smallest absolute Gasteiger partial charge is 0.143 e. The van der Waals surface area contributed by atoms with Gasteiger partial charge in [-0.15, -0.1) is 0 Å². The molecule has 0 aliphatic rings. The summed E-state index contributed by atoms with van der Waals surface area (Å²) in [5.41, 5.74) is 17.5. The molecule has 10 aromatic carbocycles. The Morgan fingerprint density at radius 2 is 0.794 bits per heavy atom. The molecule has 0 bridgehead atoms. The van der Waals surface area contributed by atoms with Crippen molar-refractivity contribution >= 4 is 60.8 Å². The maximum atomic E-state index is 6.65. The monoisotopic (exact) mass is 804 g/mol. The average molecular weight is 805 g/mol. The summed E-state index contributed by atoms with van der Waals surface area (Å²) in [6, 6.07) is 87.2. The summed E-state index contributed by atoms with van der Waals surface area (Å²) >= 11 is 0. The molecule has 12 rings (SSSR count). The van der Waals surface area contributed by atoms with Crippen LogP contribution in [0.4, 0.5) is 17.1 Å². The maximum Gasteiger partial charge on any atom is 0.143 e. The molecule has 0 spiro atoms. The van der Waals surface area contributed by atoms with Crippen molar-refractivity contribution < 1.29 is 4.42 Å². The Morgan fingerprint density at radius 3 is 1.48 bits per heavy atom. The van der Waals surface area contributed by atoms with E-state index in [2.05, 4.69) is 246 Å². The number of rotatable bonds is 8. The van der Waals surface area contributed by atoms with Gasteiger partial charge in [0.25, 0.3) is 0 Å². The molecule has 0 N–H and O–H groups in total. The summed E-state index contributed by atoms with van der Waals surface area (Å²) in [5, 5.41) is 4.67. The standard InChI is InChI=1S/C60H40N2O/c1-5-18-41(19-6-1)48-35-32-45(38-55(48)42-20-7-2-8-21-42)61(47-34-37-51-50-26-13-15-30-57(50)62(58(51)40-47)44-24-11-4-12-25-44)46-33-36-49(56(39-46)43-22-9-3-10-23-43)53-28-17-29-54-52-27-14-16-31-59(52)63-60(53)54/h1-40H. The highest BCUT2D eigenvalue weighted by molar-refractivity contribution is 6.12. The van der Waals surface area contributed by atoms with Crippen LogP contribution < -0.4 is 4.90 Å². The Morgan fingerprint density at radius 1 is 0.302 bits per heavy atom. The Bertz CT molecular complexity index is 3610. The average Bonchev–Trinajstić information content (AvgIpc) is 3.91. The summed E-state index contributed by atoms with van der Waals surface area (Å²) in [4.78, 5) is 2.42. The third-order valence-electron chi connectivity index (χ3n) is 12.4. The first kappa shape index (κ1) is 36.5. The van der Waals surface area contributed by atoms with Crippen molar-refractivity contribution in [3.05, 3.63) is 243 Å². The van der Waals surface area contributed by atoms with E-state index in [9.17, 15) is 0 Å². The molecule has 0 saturated heterocycles. The van der Waals surface area contributed by atoms with E-state index in [4.69, 9.17) is 4.42 Å². The molecular weight excluding hydrogens is 765 g/mol. The van der Waals surface area contributed by atoms with Gasteiger partial charge in [0.2, 0.25) is 0 Å². The minimum absolute atomic E-state index is 0.889. The highest BCUT2D eigenvalue weighted by atomic mass is 16.3. The van der Waals surface area contributed by atoms with Crippen LogP contribution in [-0.4, -0.2) is 4.57 Å². The second kappa shape index (κ2) is 15.3. The van der Waals surface area contributed by atoms with E-state index in [0.717, 1.165) is 78.0 Å². The fourth-order valence-electron chi connectivity index (χ4n) is 9.52. The summed E-state index contributed by atoms with van der Waals surface area (Å²) in [7, 11) is 0. The SMILES string of the molecule is c1ccc(-c2ccc(N(c3ccc(-c4cccc5c4oc4ccccc45)c(-c4ccccc4)c3)c3ccc4c5ccccc5n(-c5ccccc5)c4c3)cc2-c2ccccc2)cc1. The van der Waals surface area contributed by atoms with Crippen LogP contribution in [0.2, 0.25) is 0 Å². The van der Waals surface area contributed by atoms with Gasteiger partial charge in [0.1, 0.15) is 11.2 Å². The van der Waals surface area contributed by atoms with Gasteiger partial charge >= 0.3 is 0 Å². The summed E-state index contributed by atoms with van der Waals surface area (Å²) in [5.74, 6) is 0. The Kier molecular flexibility index (Phi) is 8.83. The zero-order valence-corrected chi connectivity index (χ0v) is 34.4. The fraction of sp³-hybridized carbons (Fsp3) is 0. The lowest BCUT2D eigenvalue weighted by molar-refractivity contribution is 0.670. The highest BCUT2D eigenvalue weighted by Gasteiger charge is 2.22. The largest absolute Gasteiger partial charge is 0.455 e. The van der Waals surface area contributed by atoms with E-state index in [1.165, 1.54) is 33.0 Å². The first-order valence-electron chi connectivity index (χ1n) is 21.5. The van der Waals surface area contributed by atoms with Crippen LogP contribution >= 0.6 is 0 Å². The van der Waals surface area contributed by atoms with Gasteiger partial charge in [0.05, 0.1) is 11.0 Å². The molecule has 0 aliphatic carbocycles. The minimum Gasteiger partial charge on any atom is -0.455 e. The molecule has 0 amide bonds. The van der Waals surface area contributed by atoms with Crippen LogP contribution in [0.5, 0.6) is 0 Å². The third kappa shape index (κ3) is 6.29. The van der Waals surface area contributed by atoms with Crippen molar-refractivity contribution in [1.29, 1.82) is 0 Å². The number of nitrogens with zero attached hydrogens (tertiary/aromatic N) is 2. The summed E-state index contributed by atoms with van der Waals surface area (Å²) in [6.07, 6.45) is 0. The highest BCUT2D eigenvalue weighted by Crippen LogP contribution is 2.46. The number of aromatic nitrogens is 1. The summed E-state index contributed by atoms with van der Waals surface area (Å²) < 4.78 is 9.04. The Balaban J connectivity index is 1.13. The minimum atomic E-state index is 0.889. The van der Waals surface area contributed by atoms with Crippen molar-refractivity contribution in [3.63, 3.8) is 0 Å². The number of fused-ring (bicyclic) bond motifs is 6. The van der Waals surface area contributed by atoms with E-state index < -0.39 is 0 Å². The number of hydrogen-bond acceptors (Lipinski definition) is 2. The lowest BCUT2D eigenvalue weighted by Crippen LogP contribution is -2.11. The van der Waals surface area contributed by atoms with E-state index in [-0.39, 0.29) is 0 Å². The lowest BCUT2D eigenvalue weighted by atomic mass is 9.92. The number of furan rings is 1.